The van der Waals surface area contributed by atoms with Crippen LogP contribution in [0.4, 0.5) is 5.69 Å². The molecule has 2 amide bonds. The Morgan fingerprint density at radius 2 is 1.83 bits per heavy atom. The van der Waals surface area contributed by atoms with Crippen molar-refractivity contribution in [1.29, 1.82) is 0 Å². The van der Waals surface area contributed by atoms with Crippen LogP contribution in [0.5, 0.6) is 5.75 Å². The van der Waals surface area contributed by atoms with E-state index in [1.807, 2.05) is 0 Å². The molecule has 0 aliphatic rings. The topological polar surface area (TPSA) is 67.4 Å². The second kappa shape index (κ2) is 7.65. The standard InChI is InChI=1S/C17H17ClN2O3/c1-19-17(22)11-3-6-14(7-4-11)20-16(21)10-12-9-13(18)5-8-15(12)23-2/h3-9H,10H2,1-2H3,(H,19,22)(H,20,21). The van der Waals surface area contributed by atoms with Crippen LogP contribution in [0.2, 0.25) is 5.02 Å². The first-order valence-electron chi connectivity index (χ1n) is 6.98. The first-order chi connectivity index (χ1) is 11.0. The van der Waals surface area contributed by atoms with E-state index in [9.17, 15) is 9.59 Å². The Morgan fingerprint density at radius 3 is 2.43 bits per heavy atom. The van der Waals surface area contributed by atoms with Gasteiger partial charge in [-0.05, 0) is 42.5 Å². The summed E-state index contributed by atoms with van der Waals surface area (Å²) in [7, 11) is 3.11. The lowest BCUT2D eigenvalue weighted by Gasteiger charge is -2.10. The van der Waals surface area contributed by atoms with Crippen LogP contribution in [0.1, 0.15) is 15.9 Å². The third-order valence-corrected chi connectivity index (χ3v) is 3.49. The normalized spacial score (nSPS) is 10.0. The Hall–Kier alpha value is -2.53. The molecule has 0 unspecified atom stereocenters. The molecule has 0 spiro atoms. The quantitative estimate of drug-likeness (QED) is 0.884. The van der Waals surface area contributed by atoms with Gasteiger partial charge in [0, 0.05) is 28.9 Å². The number of nitrogens with one attached hydrogen (secondary N) is 2. The van der Waals surface area contributed by atoms with Gasteiger partial charge in [-0.3, -0.25) is 9.59 Å². The van der Waals surface area contributed by atoms with E-state index in [0.29, 0.717) is 27.6 Å². The molecule has 120 valence electrons. The first-order valence-corrected chi connectivity index (χ1v) is 7.35. The van der Waals surface area contributed by atoms with Crippen LogP contribution in [0.25, 0.3) is 0 Å². The third-order valence-electron chi connectivity index (χ3n) is 3.25. The Balaban J connectivity index is 2.05. The number of carbonyl (C=O) groups is 2. The smallest absolute Gasteiger partial charge is 0.251 e. The highest BCUT2D eigenvalue weighted by atomic mass is 35.5. The average molecular weight is 333 g/mol. The minimum atomic E-state index is -0.196. The molecule has 0 aliphatic carbocycles. The van der Waals surface area contributed by atoms with Gasteiger partial charge in [0.05, 0.1) is 13.5 Å². The van der Waals surface area contributed by atoms with Crippen LogP contribution in [0, 0.1) is 0 Å². The number of amides is 2. The van der Waals surface area contributed by atoms with Crippen LogP contribution in [-0.2, 0) is 11.2 Å². The lowest BCUT2D eigenvalue weighted by atomic mass is 10.1. The lowest BCUT2D eigenvalue weighted by Crippen LogP contribution is -2.18. The Kier molecular flexibility index (Phi) is 5.60. The molecule has 6 heteroatoms. The number of hydrogen-bond donors (Lipinski definition) is 2. The van der Waals surface area contributed by atoms with Gasteiger partial charge in [0.25, 0.3) is 5.91 Å². The molecular weight excluding hydrogens is 316 g/mol. The molecule has 0 saturated heterocycles. The molecule has 0 saturated carbocycles. The van der Waals surface area contributed by atoms with E-state index in [-0.39, 0.29) is 18.2 Å². The molecule has 0 bridgehead atoms. The molecule has 2 aromatic rings. The number of methoxy groups -OCH3 is 1. The van der Waals surface area contributed by atoms with Gasteiger partial charge in [0.1, 0.15) is 5.75 Å². The van der Waals surface area contributed by atoms with E-state index in [2.05, 4.69) is 10.6 Å². The van der Waals surface area contributed by atoms with Gasteiger partial charge in [-0.25, -0.2) is 0 Å². The van der Waals surface area contributed by atoms with E-state index < -0.39 is 0 Å². The second-order valence-electron chi connectivity index (χ2n) is 4.84. The second-order valence-corrected chi connectivity index (χ2v) is 5.27. The zero-order valence-corrected chi connectivity index (χ0v) is 13.6. The molecule has 0 atom stereocenters. The van der Waals surface area contributed by atoms with Crippen molar-refractivity contribution in [2.24, 2.45) is 0 Å². The fourth-order valence-electron chi connectivity index (χ4n) is 2.11. The monoisotopic (exact) mass is 332 g/mol. The molecule has 2 aromatic carbocycles. The van der Waals surface area contributed by atoms with Crippen LogP contribution in [0.3, 0.4) is 0 Å². The van der Waals surface area contributed by atoms with Crippen molar-refractivity contribution in [3.05, 3.63) is 58.6 Å². The molecular formula is C17H17ClN2O3. The maximum atomic E-state index is 12.1. The largest absolute Gasteiger partial charge is 0.496 e. The summed E-state index contributed by atoms with van der Waals surface area (Å²) in [5, 5.41) is 5.86. The summed E-state index contributed by atoms with van der Waals surface area (Å²) in [5.41, 5.74) is 1.85. The Morgan fingerprint density at radius 1 is 1.13 bits per heavy atom. The minimum absolute atomic E-state index is 0.140. The summed E-state index contributed by atoms with van der Waals surface area (Å²) in [4.78, 5) is 23.6. The summed E-state index contributed by atoms with van der Waals surface area (Å²) in [6.45, 7) is 0. The van der Waals surface area contributed by atoms with E-state index in [0.717, 1.165) is 0 Å². The number of halogens is 1. The number of carbonyl (C=O) groups excluding carboxylic acids is 2. The summed E-state index contributed by atoms with van der Waals surface area (Å²) in [6.07, 6.45) is 0.140. The summed E-state index contributed by atoms with van der Waals surface area (Å²) in [5.74, 6) is 0.240. The van der Waals surface area contributed by atoms with Crippen molar-refractivity contribution in [2.75, 3.05) is 19.5 Å². The van der Waals surface area contributed by atoms with Crippen molar-refractivity contribution in [2.45, 2.75) is 6.42 Å². The van der Waals surface area contributed by atoms with Crippen LogP contribution in [0.15, 0.2) is 42.5 Å². The van der Waals surface area contributed by atoms with Gasteiger partial charge in [0.15, 0.2) is 0 Å². The van der Waals surface area contributed by atoms with E-state index in [4.69, 9.17) is 16.3 Å². The predicted molar refractivity (Wildman–Crippen MR) is 90.2 cm³/mol. The lowest BCUT2D eigenvalue weighted by molar-refractivity contribution is -0.115. The van der Waals surface area contributed by atoms with Gasteiger partial charge in [-0.15, -0.1) is 0 Å². The Bertz CT molecular complexity index is 714. The van der Waals surface area contributed by atoms with Crippen molar-refractivity contribution in [3.63, 3.8) is 0 Å². The molecule has 0 aliphatic heterocycles. The third kappa shape index (κ3) is 4.47. The molecule has 0 aromatic heterocycles. The van der Waals surface area contributed by atoms with E-state index >= 15 is 0 Å². The molecule has 23 heavy (non-hydrogen) atoms. The zero-order valence-electron chi connectivity index (χ0n) is 12.9. The predicted octanol–water partition coefficient (Wildman–Crippen LogP) is 2.89. The molecule has 0 radical (unpaired) electrons. The highest BCUT2D eigenvalue weighted by molar-refractivity contribution is 6.30. The number of benzene rings is 2. The maximum Gasteiger partial charge on any atom is 0.251 e. The van der Waals surface area contributed by atoms with Crippen LogP contribution >= 0.6 is 11.6 Å². The van der Waals surface area contributed by atoms with Gasteiger partial charge in [0.2, 0.25) is 5.91 Å². The average Bonchev–Trinajstić information content (AvgIpc) is 2.55. The van der Waals surface area contributed by atoms with E-state index in [1.54, 1.807) is 56.6 Å². The summed E-state index contributed by atoms with van der Waals surface area (Å²) < 4.78 is 5.22. The first kappa shape index (κ1) is 16.8. The van der Waals surface area contributed by atoms with Crippen LogP contribution < -0.4 is 15.4 Å². The summed E-state index contributed by atoms with van der Waals surface area (Å²) >= 11 is 5.95. The number of anilines is 1. The fourth-order valence-corrected chi connectivity index (χ4v) is 2.31. The molecule has 0 fully saturated rings. The van der Waals surface area contributed by atoms with E-state index in [1.165, 1.54) is 0 Å². The van der Waals surface area contributed by atoms with Crippen molar-refractivity contribution in [3.8, 4) is 5.75 Å². The molecule has 2 N–H and O–H groups in total. The number of hydrogen-bond acceptors (Lipinski definition) is 3. The van der Waals surface area contributed by atoms with Crippen LogP contribution in [-0.4, -0.2) is 26.0 Å². The zero-order chi connectivity index (χ0) is 16.8. The minimum Gasteiger partial charge on any atom is -0.496 e. The summed E-state index contributed by atoms with van der Waals surface area (Å²) in [6, 6.07) is 11.8. The van der Waals surface area contributed by atoms with Gasteiger partial charge in [-0.2, -0.15) is 0 Å². The van der Waals surface area contributed by atoms with Gasteiger partial charge in [-0.1, -0.05) is 11.6 Å². The van der Waals surface area contributed by atoms with Gasteiger partial charge >= 0.3 is 0 Å². The molecule has 2 rings (SSSR count). The number of rotatable bonds is 5. The highest BCUT2D eigenvalue weighted by Crippen LogP contribution is 2.23. The number of ether oxygens (including phenoxy) is 1. The highest BCUT2D eigenvalue weighted by Gasteiger charge is 2.10. The molecule has 0 heterocycles. The van der Waals surface area contributed by atoms with Crippen molar-refractivity contribution in [1.82, 2.24) is 5.32 Å². The van der Waals surface area contributed by atoms with Gasteiger partial charge < -0.3 is 15.4 Å². The fraction of sp³-hybridized carbons (Fsp3) is 0.176. The van der Waals surface area contributed by atoms with Crippen molar-refractivity contribution >= 4 is 29.1 Å². The SMILES string of the molecule is CNC(=O)c1ccc(NC(=O)Cc2cc(Cl)ccc2OC)cc1. The Labute approximate surface area is 139 Å². The molecule has 5 nitrogen and oxygen atoms in total. The maximum absolute atomic E-state index is 12.1. The van der Waals surface area contributed by atoms with Crippen molar-refractivity contribution < 1.29 is 14.3 Å².